The highest BCUT2D eigenvalue weighted by Crippen LogP contribution is 2.16. The van der Waals surface area contributed by atoms with E-state index in [4.69, 9.17) is 0 Å². The van der Waals surface area contributed by atoms with Gasteiger partial charge in [0.15, 0.2) is 0 Å². The van der Waals surface area contributed by atoms with E-state index in [-0.39, 0.29) is 11.8 Å². The van der Waals surface area contributed by atoms with Crippen LogP contribution in [0, 0.1) is 12.8 Å². The Morgan fingerprint density at radius 2 is 2.12 bits per heavy atom. The molecule has 0 aliphatic heterocycles. The predicted molar refractivity (Wildman–Crippen MR) is 73.1 cm³/mol. The third kappa shape index (κ3) is 4.59. The first-order valence-electron chi connectivity index (χ1n) is 6.54. The summed E-state index contributed by atoms with van der Waals surface area (Å²) in [7, 11) is 0. The van der Waals surface area contributed by atoms with Gasteiger partial charge < -0.3 is 5.32 Å². The second-order valence-corrected chi connectivity index (χ2v) is 4.61. The average molecular weight is 233 g/mol. The number of carbonyl (C=O) groups excluding carboxylic acids is 1. The number of unbranched alkanes of at least 4 members (excludes halogenated alkanes) is 1. The van der Waals surface area contributed by atoms with Crippen LogP contribution in [0.15, 0.2) is 24.3 Å². The standard InChI is InChI=1S/C15H23NO/c1-4-6-9-13(5-2)15(17)16-14-10-7-8-12(3)11-14/h7-8,10-11,13H,4-6,9H2,1-3H3,(H,16,17)/t13-/m0/s1. The minimum absolute atomic E-state index is 0.149. The molecule has 0 fully saturated rings. The maximum atomic E-state index is 12.0. The largest absolute Gasteiger partial charge is 0.326 e. The highest BCUT2D eigenvalue weighted by molar-refractivity contribution is 5.92. The van der Waals surface area contributed by atoms with E-state index in [1.807, 2.05) is 31.2 Å². The summed E-state index contributed by atoms with van der Waals surface area (Å²) in [5, 5.41) is 3.00. The third-order valence-corrected chi connectivity index (χ3v) is 3.06. The van der Waals surface area contributed by atoms with Crippen molar-refractivity contribution in [2.45, 2.75) is 46.5 Å². The van der Waals surface area contributed by atoms with Gasteiger partial charge in [-0.05, 0) is 37.5 Å². The zero-order chi connectivity index (χ0) is 12.7. The van der Waals surface area contributed by atoms with Crippen molar-refractivity contribution in [3.8, 4) is 0 Å². The van der Waals surface area contributed by atoms with E-state index in [0.717, 1.165) is 31.4 Å². The lowest BCUT2D eigenvalue weighted by Crippen LogP contribution is -2.22. The Morgan fingerprint density at radius 3 is 2.71 bits per heavy atom. The van der Waals surface area contributed by atoms with E-state index in [1.165, 1.54) is 5.56 Å². The van der Waals surface area contributed by atoms with Gasteiger partial charge in [-0.25, -0.2) is 0 Å². The smallest absolute Gasteiger partial charge is 0.227 e. The molecule has 0 aliphatic carbocycles. The van der Waals surface area contributed by atoms with E-state index in [2.05, 4.69) is 19.2 Å². The molecule has 1 N–H and O–H groups in total. The summed E-state index contributed by atoms with van der Waals surface area (Å²) < 4.78 is 0. The van der Waals surface area contributed by atoms with E-state index < -0.39 is 0 Å². The van der Waals surface area contributed by atoms with Gasteiger partial charge in [-0.1, -0.05) is 38.8 Å². The highest BCUT2D eigenvalue weighted by atomic mass is 16.1. The lowest BCUT2D eigenvalue weighted by Gasteiger charge is -2.14. The summed E-state index contributed by atoms with van der Waals surface area (Å²) in [6.07, 6.45) is 4.18. The zero-order valence-electron chi connectivity index (χ0n) is 11.1. The van der Waals surface area contributed by atoms with Gasteiger partial charge in [0.1, 0.15) is 0 Å². The summed E-state index contributed by atoms with van der Waals surface area (Å²) in [5.74, 6) is 0.307. The number of hydrogen-bond acceptors (Lipinski definition) is 1. The van der Waals surface area contributed by atoms with Crippen LogP contribution in [0.2, 0.25) is 0 Å². The van der Waals surface area contributed by atoms with Gasteiger partial charge in [0.2, 0.25) is 5.91 Å². The summed E-state index contributed by atoms with van der Waals surface area (Å²) in [6, 6.07) is 7.95. The first-order chi connectivity index (χ1) is 8.17. The fourth-order valence-corrected chi connectivity index (χ4v) is 1.94. The topological polar surface area (TPSA) is 29.1 Å². The second kappa shape index (κ2) is 7.10. The number of aryl methyl sites for hydroxylation is 1. The molecule has 1 atom stereocenters. The van der Waals surface area contributed by atoms with E-state index >= 15 is 0 Å². The van der Waals surface area contributed by atoms with Crippen LogP contribution in [-0.2, 0) is 4.79 Å². The molecule has 0 saturated heterocycles. The molecule has 2 nitrogen and oxygen atoms in total. The van der Waals surface area contributed by atoms with Crippen LogP contribution in [0.4, 0.5) is 5.69 Å². The molecule has 0 aromatic heterocycles. The lowest BCUT2D eigenvalue weighted by molar-refractivity contribution is -0.120. The van der Waals surface area contributed by atoms with Gasteiger partial charge in [-0.2, -0.15) is 0 Å². The maximum Gasteiger partial charge on any atom is 0.227 e. The Bertz CT molecular complexity index is 360. The summed E-state index contributed by atoms with van der Waals surface area (Å²) in [4.78, 5) is 12.0. The highest BCUT2D eigenvalue weighted by Gasteiger charge is 2.15. The lowest BCUT2D eigenvalue weighted by atomic mass is 9.98. The number of benzene rings is 1. The molecule has 0 saturated carbocycles. The number of hydrogen-bond donors (Lipinski definition) is 1. The summed E-state index contributed by atoms with van der Waals surface area (Å²) >= 11 is 0. The summed E-state index contributed by atoms with van der Waals surface area (Å²) in [6.45, 7) is 6.27. The molecule has 1 rings (SSSR count). The van der Waals surface area contributed by atoms with Crippen LogP contribution in [-0.4, -0.2) is 5.91 Å². The molecule has 1 aromatic carbocycles. The van der Waals surface area contributed by atoms with Crippen LogP contribution < -0.4 is 5.32 Å². The Morgan fingerprint density at radius 1 is 1.35 bits per heavy atom. The quantitative estimate of drug-likeness (QED) is 0.785. The third-order valence-electron chi connectivity index (χ3n) is 3.06. The Kier molecular flexibility index (Phi) is 5.75. The van der Waals surface area contributed by atoms with Gasteiger partial charge in [0.05, 0.1) is 0 Å². The maximum absolute atomic E-state index is 12.0. The normalized spacial score (nSPS) is 12.2. The number of carbonyl (C=O) groups is 1. The van der Waals surface area contributed by atoms with Crippen molar-refractivity contribution in [2.75, 3.05) is 5.32 Å². The molecule has 2 heteroatoms. The van der Waals surface area contributed by atoms with Crippen LogP contribution >= 0.6 is 0 Å². The number of rotatable bonds is 6. The van der Waals surface area contributed by atoms with E-state index in [0.29, 0.717) is 0 Å². The number of nitrogens with one attached hydrogen (secondary N) is 1. The molecule has 0 radical (unpaired) electrons. The van der Waals surface area contributed by atoms with Gasteiger partial charge in [0.25, 0.3) is 0 Å². The van der Waals surface area contributed by atoms with E-state index in [1.54, 1.807) is 0 Å². The molecule has 94 valence electrons. The fraction of sp³-hybridized carbons (Fsp3) is 0.533. The second-order valence-electron chi connectivity index (χ2n) is 4.61. The minimum atomic E-state index is 0.149. The van der Waals surface area contributed by atoms with Crippen molar-refractivity contribution >= 4 is 11.6 Å². The molecule has 0 heterocycles. The van der Waals surface area contributed by atoms with Crippen molar-refractivity contribution in [3.05, 3.63) is 29.8 Å². The van der Waals surface area contributed by atoms with Crippen LogP contribution in [0.5, 0.6) is 0 Å². The van der Waals surface area contributed by atoms with Crippen molar-refractivity contribution in [1.82, 2.24) is 0 Å². The first kappa shape index (κ1) is 13.8. The molecule has 0 unspecified atom stereocenters. The van der Waals surface area contributed by atoms with Crippen molar-refractivity contribution in [3.63, 3.8) is 0 Å². The van der Waals surface area contributed by atoms with Crippen molar-refractivity contribution in [1.29, 1.82) is 0 Å². The van der Waals surface area contributed by atoms with Gasteiger partial charge in [-0.3, -0.25) is 4.79 Å². The first-order valence-corrected chi connectivity index (χ1v) is 6.54. The van der Waals surface area contributed by atoms with Gasteiger partial charge in [-0.15, -0.1) is 0 Å². The molecule has 0 bridgehead atoms. The molecule has 0 spiro atoms. The van der Waals surface area contributed by atoms with Crippen LogP contribution in [0.25, 0.3) is 0 Å². The fourth-order valence-electron chi connectivity index (χ4n) is 1.94. The van der Waals surface area contributed by atoms with Crippen molar-refractivity contribution in [2.24, 2.45) is 5.92 Å². The van der Waals surface area contributed by atoms with Gasteiger partial charge in [0, 0.05) is 11.6 Å². The van der Waals surface area contributed by atoms with Gasteiger partial charge >= 0.3 is 0 Å². The Labute approximate surface area is 104 Å². The van der Waals surface area contributed by atoms with Crippen LogP contribution in [0.1, 0.15) is 45.1 Å². The minimum Gasteiger partial charge on any atom is -0.326 e. The predicted octanol–water partition coefficient (Wildman–Crippen LogP) is 4.15. The number of amides is 1. The molecule has 1 amide bonds. The number of anilines is 1. The van der Waals surface area contributed by atoms with Crippen molar-refractivity contribution < 1.29 is 4.79 Å². The molecule has 0 aliphatic rings. The molecule has 17 heavy (non-hydrogen) atoms. The molecule has 1 aromatic rings. The zero-order valence-corrected chi connectivity index (χ0v) is 11.1. The van der Waals surface area contributed by atoms with Crippen LogP contribution in [0.3, 0.4) is 0 Å². The molecular formula is C15H23NO. The average Bonchev–Trinajstić information content (AvgIpc) is 2.30. The monoisotopic (exact) mass is 233 g/mol. The van der Waals surface area contributed by atoms with E-state index in [9.17, 15) is 4.79 Å². The Hall–Kier alpha value is -1.31. The molecular weight excluding hydrogens is 210 g/mol. The SMILES string of the molecule is CCCC[C@H](CC)C(=O)Nc1cccc(C)c1. The summed E-state index contributed by atoms with van der Waals surface area (Å²) in [5.41, 5.74) is 2.08. The Balaban J connectivity index is 2.57.